The van der Waals surface area contributed by atoms with E-state index in [0.29, 0.717) is 11.1 Å². The lowest BCUT2D eigenvalue weighted by Gasteiger charge is -2.18. The third-order valence-electron chi connectivity index (χ3n) is 4.03. The van der Waals surface area contributed by atoms with Gasteiger partial charge in [0.2, 0.25) is 5.91 Å². The predicted molar refractivity (Wildman–Crippen MR) is 91.4 cm³/mol. The van der Waals surface area contributed by atoms with Crippen molar-refractivity contribution in [2.75, 3.05) is 19.6 Å². The van der Waals surface area contributed by atoms with Gasteiger partial charge in [-0.3, -0.25) is 24.6 Å². The summed E-state index contributed by atoms with van der Waals surface area (Å²) in [6.45, 7) is 1.41. The van der Waals surface area contributed by atoms with E-state index in [0.717, 1.165) is 11.1 Å². The molecule has 0 atom stereocenters. The van der Waals surface area contributed by atoms with Crippen molar-refractivity contribution in [1.82, 2.24) is 15.1 Å². The fraction of sp³-hybridized carbons (Fsp3) is 0.375. The van der Waals surface area contributed by atoms with E-state index >= 15 is 0 Å². The Bertz CT molecular complexity index is 857. The van der Waals surface area contributed by atoms with Crippen molar-refractivity contribution in [3.63, 3.8) is 0 Å². The summed E-state index contributed by atoms with van der Waals surface area (Å²) in [4.78, 5) is 44.8. The first kappa shape index (κ1) is 21.6. The minimum Gasteiger partial charge on any atom is -0.275 e. The van der Waals surface area contributed by atoms with Crippen LogP contribution in [0.2, 0.25) is 5.15 Å². The normalized spacial score (nSPS) is 14.8. The minimum atomic E-state index is -4.69. The molecule has 0 bridgehead atoms. The highest BCUT2D eigenvalue weighted by Gasteiger charge is 2.37. The zero-order valence-corrected chi connectivity index (χ0v) is 15.8. The number of halogens is 4. The maximum Gasteiger partial charge on any atom is 0.419 e. The minimum absolute atomic E-state index is 0.0116. The topological polar surface area (TPSA) is 91.8 Å². The highest BCUT2D eigenvalue weighted by molar-refractivity contribution is 6.30. The standard InChI is InChI=1S/C16H16ClF3N4O4/c1-8-9(4-7-12(25)23(2)28-3)15(27)24(14(8)26)22-11-6-5-10(13(17)21-11)16(18,19)20/h5-6H,4,7H2,1-3H3,(H,21,22). The third-order valence-corrected chi connectivity index (χ3v) is 4.32. The molecular formula is C16H16ClF3N4O4. The van der Waals surface area contributed by atoms with Crippen LogP contribution in [0.25, 0.3) is 0 Å². The van der Waals surface area contributed by atoms with Crippen molar-refractivity contribution < 1.29 is 32.4 Å². The summed E-state index contributed by atoms with van der Waals surface area (Å²) in [5, 5.41) is 0.775. The number of hydrogen-bond donors (Lipinski definition) is 1. The predicted octanol–water partition coefficient (Wildman–Crippen LogP) is 2.57. The number of carbonyl (C=O) groups excluding carboxylic acids is 3. The quantitative estimate of drug-likeness (QED) is 0.432. The smallest absolute Gasteiger partial charge is 0.275 e. The summed E-state index contributed by atoms with van der Waals surface area (Å²) in [6, 6.07) is 1.63. The van der Waals surface area contributed by atoms with E-state index in [2.05, 4.69) is 10.4 Å². The molecule has 1 aliphatic rings. The molecule has 0 fully saturated rings. The lowest BCUT2D eigenvalue weighted by molar-refractivity contribution is -0.168. The van der Waals surface area contributed by atoms with Crippen molar-refractivity contribution in [3.05, 3.63) is 34.0 Å². The number of pyridine rings is 1. The van der Waals surface area contributed by atoms with E-state index in [-0.39, 0.29) is 29.8 Å². The number of nitrogens with one attached hydrogen (secondary N) is 1. The molecule has 28 heavy (non-hydrogen) atoms. The number of alkyl halides is 3. The van der Waals surface area contributed by atoms with Crippen LogP contribution in [0.4, 0.5) is 19.0 Å². The fourth-order valence-electron chi connectivity index (χ4n) is 2.39. The van der Waals surface area contributed by atoms with Crippen molar-refractivity contribution in [2.45, 2.75) is 25.9 Å². The third kappa shape index (κ3) is 4.42. The molecular weight excluding hydrogens is 405 g/mol. The number of amides is 3. The van der Waals surface area contributed by atoms with Crippen LogP contribution in [0.3, 0.4) is 0 Å². The average molecular weight is 421 g/mol. The summed E-state index contributed by atoms with van der Waals surface area (Å²) in [7, 11) is 2.71. The van der Waals surface area contributed by atoms with E-state index < -0.39 is 34.6 Å². The lowest BCUT2D eigenvalue weighted by atomic mass is 10.1. The summed E-state index contributed by atoms with van der Waals surface area (Å²) in [5.41, 5.74) is 1.43. The number of imide groups is 1. The summed E-state index contributed by atoms with van der Waals surface area (Å²) in [5.74, 6) is -2.05. The highest BCUT2D eigenvalue weighted by Crippen LogP contribution is 2.34. The summed E-state index contributed by atoms with van der Waals surface area (Å²) >= 11 is 5.53. The first-order valence-electron chi connectivity index (χ1n) is 7.87. The Morgan fingerprint density at radius 3 is 2.50 bits per heavy atom. The first-order chi connectivity index (χ1) is 13.0. The van der Waals surface area contributed by atoms with Gasteiger partial charge in [-0.2, -0.15) is 18.2 Å². The maximum absolute atomic E-state index is 12.7. The Hall–Kier alpha value is -2.66. The highest BCUT2D eigenvalue weighted by atomic mass is 35.5. The lowest BCUT2D eigenvalue weighted by Crippen LogP contribution is -2.37. The van der Waals surface area contributed by atoms with Crippen LogP contribution < -0.4 is 5.43 Å². The van der Waals surface area contributed by atoms with Gasteiger partial charge >= 0.3 is 6.18 Å². The molecule has 1 aromatic heterocycles. The van der Waals surface area contributed by atoms with Crippen LogP contribution in [0, 0.1) is 0 Å². The Labute approximate surface area is 162 Å². The number of rotatable bonds is 6. The van der Waals surface area contributed by atoms with E-state index in [1.807, 2.05) is 0 Å². The number of nitrogens with zero attached hydrogens (tertiary/aromatic N) is 3. The Morgan fingerprint density at radius 1 is 1.32 bits per heavy atom. The Morgan fingerprint density at radius 2 is 1.96 bits per heavy atom. The van der Waals surface area contributed by atoms with Gasteiger partial charge in [-0.15, -0.1) is 0 Å². The first-order valence-corrected chi connectivity index (χ1v) is 8.24. The number of hydrazine groups is 1. The Kier molecular flexibility index (Phi) is 6.30. The number of hydrogen-bond acceptors (Lipinski definition) is 6. The largest absolute Gasteiger partial charge is 0.419 e. The second-order valence-corrected chi connectivity index (χ2v) is 6.13. The number of hydroxylamine groups is 2. The molecule has 0 saturated carbocycles. The van der Waals surface area contributed by atoms with Gasteiger partial charge in [0.05, 0.1) is 12.7 Å². The van der Waals surface area contributed by atoms with Gasteiger partial charge in [0, 0.05) is 24.6 Å². The van der Waals surface area contributed by atoms with Gasteiger partial charge in [-0.25, -0.2) is 10.0 Å². The average Bonchev–Trinajstić information content (AvgIpc) is 2.81. The molecule has 3 amide bonds. The number of carbonyl (C=O) groups is 3. The molecule has 0 aromatic carbocycles. The van der Waals surface area contributed by atoms with Crippen molar-refractivity contribution in [1.29, 1.82) is 0 Å². The van der Waals surface area contributed by atoms with Crippen LogP contribution in [-0.4, -0.2) is 46.9 Å². The molecule has 0 unspecified atom stereocenters. The van der Waals surface area contributed by atoms with Crippen molar-refractivity contribution in [2.24, 2.45) is 0 Å². The van der Waals surface area contributed by atoms with Gasteiger partial charge in [-0.1, -0.05) is 11.6 Å². The summed E-state index contributed by atoms with van der Waals surface area (Å²) in [6.07, 6.45) is -4.77. The van der Waals surface area contributed by atoms with Gasteiger partial charge in [0.15, 0.2) is 0 Å². The molecule has 2 rings (SSSR count). The van der Waals surface area contributed by atoms with Crippen molar-refractivity contribution >= 4 is 35.1 Å². The maximum atomic E-state index is 12.7. The molecule has 1 aromatic rings. The van der Waals surface area contributed by atoms with Gasteiger partial charge in [-0.05, 0) is 25.5 Å². The molecule has 8 nitrogen and oxygen atoms in total. The van der Waals surface area contributed by atoms with Crippen LogP contribution >= 0.6 is 11.6 Å². The van der Waals surface area contributed by atoms with E-state index in [4.69, 9.17) is 16.4 Å². The molecule has 12 heteroatoms. The van der Waals surface area contributed by atoms with Crippen LogP contribution in [0.1, 0.15) is 25.3 Å². The molecule has 1 aliphatic heterocycles. The molecule has 0 aliphatic carbocycles. The molecule has 152 valence electrons. The van der Waals surface area contributed by atoms with E-state index in [1.54, 1.807) is 0 Å². The zero-order valence-electron chi connectivity index (χ0n) is 15.1. The number of aromatic nitrogens is 1. The molecule has 0 spiro atoms. The summed E-state index contributed by atoms with van der Waals surface area (Å²) < 4.78 is 38.2. The zero-order chi connectivity index (χ0) is 21.2. The van der Waals surface area contributed by atoms with Crippen LogP contribution in [0.15, 0.2) is 23.3 Å². The molecule has 2 heterocycles. The second-order valence-electron chi connectivity index (χ2n) is 5.77. The monoisotopic (exact) mass is 420 g/mol. The molecule has 1 N–H and O–H groups in total. The van der Waals surface area contributed by atoms with Gasteiger partial charge < -0.3 is 0 Å². The van der Waals surface area contributed by atoms with Crippen molar-refractivity contribution in [3.8, 4) is 0 Å². The van der Waals surface area contributed by atoms with Crippen LogP contribution in [0.5, 0.6) is 0 Å². The molecule has 0 saturated heterocycles. The second kappa shape index (κ2) is 8.15. The van der Waals surface area contributed by atoms with Gasteiger partial charge in [0.25, 0.3) is 11.8 Å². The van der Waals surface area contributed by atoms with E-state index in [9.17, 15) is 27.6 Å². The SMILES string of the molecule is CON(C)C(=O)CCC1=C(C)C(=O)N(Nc2ccc(C(F)(F)F)c(Cl)n2)C1=O. The fourth-order valence-corrected chi connectivity index (χ4v) is 2.66. The van der Waals surface area contributed by atoms with Crippen LogP contribution in [-0.2, 0) is 25.4 Å². The molecule has 0 radical (unpaired) electrons. The van der Waals surface area contributed by atoms with E-state index in [1.165, 1.54) is 21.1 Å². The number of anilines is 1. The Balaban J connectivity index is 2.13. The van der Waals surface area contributed by atoms with Gasteiger partial charge in [0.1, 0.15) is 11.0 Å².